The number of carbonyl (C=O) groups excluding carboxylic acids is 3. The summed E-state index contributed by atoms with van der Waals surface area (Å²) in [6, 6.07) is 12.1. The van der Waals surface area contributed by atoms with Gasteiger partial charge in [-0.15, -0.1) is 0 Å². The summed E-state index contributed by atoms with van der Waals surface area (Å²) in [7, 11) is 0. The normalized spacial score (nSPS) is 21.5. The van der Waals surface area contributed by atoms with Crippen molar-refractivity contribution in [2.75, 3.05) is 6.61 Å². The Kier molecular flexibility index (Phi) is 6.88. The quantitative estimate of drug-likeness (QED) is 0.620. The summed E-state index contributed by atoms with van der Waals surface area (Å²) in [5.74, 6) is -1.72. The highest BCUT2D eigenvalue weighted by Gasteiger charge is 2.50. The van der Waals surface area contributed by atoms with Crippen LogP contribution in [-0.4, -0.2) is 47.2 Å². The molecule has 0 unspecified atom stereocenters. The molecule has 0 spiro atoms. The number of rotatable bonds is 6. The minimum Gasteiger partial charge on any atom is -0.508 e. The zero-order chi connectivity index (χ0) is 24.4. The Bertz CT molecular complexity index is 1030. The van der Waals surface area contributed by atoms with E-state index in [4.69, 9.17) is 4.74 Å². The SMILES string of the molecule is CC(C)(C)c1ccc(C(=O)N[C@@H](Cc2ccc(O)cc2)C(=O)N[C@@]2(C)C(=O)CO[C@H]2F)cc1. The molecule has 2 aromatic carbocycles. The number of amides is 2. The standard InChI is InChI=1S/C25H29FN2O5/c1-24(2,3)17-9-7-16(8-10-17)21(31)27-19(13-15-5-11-18(29)12-6-15)22(32)28-25(4)20(30)14-33-23(25)26/h5-12,19,23,29H,13-14H2,1-4H3,(H,27,31)(H,28,32)/t19-,23+,25-/m0/s1. The fraction of sp³-hybridized carbons (Fsp3) is 0.400. The van der Waals surface area contributed by atoms with Crippen LogP contribution in [0.25, 0.3) is 0 Å². The fourth-order valence-electron chi connectivity index (χ4n) is 3.50. The lowest BCUT2D eigenvalue weighted by Gasteiger charge is -2.28. The van der Waals surface area contributed by atoms with Crippen LogP contribution < -0.4 is 10.6 Å². The van der Waals surface area contributed by atoms with Crippen molar-refractivity contribution in [3.8, 4) is 5.75 Å². The second kappa shape index (κ2) is 9.31. The fourth-order valence-corrected chi connectivity index (χ4v) is 3.50. The molecule has 0 radical (unpaired) electrons. The Labute approximate surface area is 192 Å². The molecule has 0 saturated carbocycles. The molecule has 0 aliphatic carbocycles. The number of hydrogen-bond donors (Lipinski definition) is 3. The zero-order valence-electron chi connectivity index (χ0n) is 19.1. The number of ether oxygens (including phenoxy) is 1. The molecule has 8 heteroatoms. The Balaban J connectivity index is 1.82. The lowest BCUT2D eigenvalue weighted by molar-refractivity contribution is -0.132. The summed E-state index contributed by atoms with van der Waals surface area (Å²) in [4.78, 5) is 38.1. The Morgan fingerprint density at radius 1 is 1.15 bits per heavy atom. The average molecular weight is 457 g/mol. The van der Waals surface area contributed by atoms with Crippen molar-refractivity contribution >= 4 is 17.6 Å². The predicted octanol–water partition coefficient (Wildman–Crippen LogP) is 2.80. The van der Waals surface area contributed by atoms with Crippen LogP contribution in [-0.2, 0) is 26.2 Å². The smallest absolute Gasteiger partial charge is 0.251 e. The number of alkyl halides is 1. The summed E-state index contributed by atoms with van der Waals surface area (Å²) in [6.07, 6.45) is -1.91. The first-order valence-electron chi connectivity index (χ1n) is 10.7. The minimum absolute atomic E-state index is 0.0595. The van der Waals surface area contributed by atoms with Crippen LogP contribution in [0.15, 0.2) is 48.5 Å². The summed E-state index contributed by atoms with van der Waals surface area (Å²) in [6.45, 7) is 7.01. The third kappa shape index (κ3) is 5.57. The minimum atomic E-state index is -1.98. The molecule has 3 rings (SSSR count). The molecule has 1 heterocycles. The number of hydrogen-bond acceptors (Lipinski definition) is 5. The number of aromatic hydroxyl groups is 1. The lowest BCUT2D eigenvalue weighted by atomic mass is 9.86. The van der Waals surface area contributed by atoms with Gasteiger partial charge in [0.05, 0.1) is 0 Å². The van der Waals surface area contributed by atoms with Gasteiger partial charge in [0, 0.05) is 12.0 Å². The first kappa shape index (κ1) is 24.4. The second-order valence-electron chi connectivity index (χ2n) is 9.47. The number of halogens is 1. The third-order valence-corrected chi connectivity index (χ3v) is 5.79. The third-order valence-electron chi connectivity index (χ3n) is 5.79. The van der Waals surface area contributed by atoms with E-state index in [1.165, 1.54) is 19.1 Å². The highest BCUT2D eigenvalue weighted by atomic mass is 19.1. The monoisotopic (exact) mass is 456 g/mol. The van der Waals surface area contributed by atoms with Crippen LogP contribution in [0.5, 0.6) is 5.75 Å². The summed E-state index contributed by atoms with van der Waals surface area (Å²) < 4.78 is 18.9. The van der Waals surface area contributed by atoms with Crippen molar-refractivity contribution < 1.29 is 28.6 Å². The molecular weight excluding hydrogens is 427 g/mol. The molecule has 3 atom stereocenters. The average Bonchev–Trinajstić information content (AvgIpc) is 3.01. The van der Waals surface area contributed by atoms with E-state index in [2.05, 4.69) is 31.4 Å². The lowest BCUT2D eigenvalue weighted by Crippen LogP contribution is -2.60. The molecule has 1 saturated heterocycles. The molecule has 0 aromatic heterocycles. The van der Waals surface area contributed by atoms with Gasteiger partial charge in [-0.1, -0.05) is 45.0 Å². The van der Waals surface area contributed by atoms with Crippen molar-refractivity contribution in [1.29, 1.82) is 0 Å². The van der Waals surface area contributed by atoms with Crippen LogP contribution >= 0.6 is 0 Å². The van der Waals surface area contributed by atoms with Gasteiger partial charge >= 0.3 is 0 Å². The van der Waals surface area contributed by atoms with Gasteiger partial charge in [0.25, 0.3) is 5.91 Å². The van der Waals surface area contributed by atoms with Gasteiger partial charge in [-0.05, 0) is 47.7 Å². The van der Waals surface area contributed by atoms with Crippen LogP contribution in [0.4, 0.5) is 4.39 Å². The maximum absolute atomic E-state index is 14.2. The molecule has 2 aromatic rings. The first-order valence-corrected chi connectivity index (χ1v) is 10.7. The highest BCUT2D eigenvalue weighted by molar-refractivity contribution is 6.00. The van der Waals surface area contributed by atoms with Crippen LogP contribution in [0, 0.1) is 0 Å². The van der Waals surface area contributed by atoms with Crippen molar-refractivity contribution in [3.63, 3.8) is 0 Å². The molecule has 33 heavy (non-hydrogen) atoms. The van der Waals surface area contributed by atoms with E-state index in [9.17, 15) is 23.9 Å². The Morgan fingerprint density at radius 3 is 2.27 bits per heavy atom. The van der Waals surface area contributed by atoms with E-state index in [1.54, 1.807) is 24.3 Å². The number of phenolic OH excluding ortho intramolecular Hbond substituents is 1. The topological polar surface area (TPSA) is 105 Å². The van der Waals surface area contributed by atoms with E-state index in [1.807, 2.05) is 12.1 Å². The number of ketones is 1. The van der Waals surface area contributed by atoms with Gasteiger partial charge in [0.15, 0.2) is 11.3 Å². The van der Waals surface area contributed by atoms with Gasteiger partial charge in [-0.3, -0.25) is 14.4 Å². The van der Waals surface area contributed by atoms with Crippen molar-refractivity contribution in [2.45, 2.75) is 57.5 Å². The van der Waals surface area contributed by atoms with Crippen molar-refractivity contribution in [2.24, 2.45) is 0 Å². The number of carbonyl (C=O) groups is 3. The molecule has 1 aliphatic rings. The van der Waals surface area contributed by atoms with Gasteiger partial charge in [0.2, 0.25) is 12.3 Å². The van der Waals surface area contributed by atoms with Gasteiger partial charge in [-0.25, -0.2) is 4.39 Å². The molecular formula is C25H29FN2O5. The van der Waals surface area contributed by atoms with Gasteiger partial charge < -0.3 is 20.5 Å². The number of Topliss-reactive ketones (excluding diaryl/α,β-unsaturated/α-hetero) is 1. The number of nitrogens with one attached hydrogen (secondary N) is 2. The van der Waals surface area contributed by atoms with Crippen molar-refractivity contribution in [3.05, 3.63) is 65.2 Å². The number of benzene rings is 2. The molecule has 1 fully saturated rings. The zero-order valence-corrected chi connectivity index (χ0v) is 19.1. The summed E-state index contributed by atoms with van der Waals surface area (Å²) >= 11 is 0. The van der Waals surface area contributed by atoms with E-state index in [0.29, 0.717) is 11.1 Å². The van der Waals surface area contributed by atoms with E-state index in [-0.39, 0.29) is 17.6 Å². The van der Waals surface area contributed by atoms with Crippen LogP contribution in [0.1, 0.15) is 49.2 Å². The molecule has 2 amide bonds. The molecule has 7 nitrogen and oxygen atoms in total. The summed E-state index contributed by atoms with van der Waals surface area (Å²) in [5.41, 5.74) is 0.168. The Hall–Kier alpha value is -3.26. The molecule has 3 N–H and O–H groups in total. The maximum Gasteiger partial charge on any atom is 0.251 e. The van der Waals surface area contributed by atoms with Crippen molar-refractivity contribution in [1.82, 2.24) is 10.6 Å². The van der Waals surface area contributed by atoms with Gasteiger partial charge in [0.1, 0.15) is 18.4 Å². The highest BCUT2D eigenvalue weighted by Crippen LogP contribution is 2.24. The van der Waals surface area contributed by atoms with Crippen LogP contribution in [0.3, 0.4) is 0 Å². The van der Waals surface area contributed by atoms with E-state index < -0.39 is 42.1 Å². The second-order valence-corrected chi connectivity index (χ2v) is 9.47. The van der Waals surface area contributed by atoms with E-state index in [0.717, 1.165) is 5.56 Å². The molecule has 176 valence electrons. The largest absolute Gasteiger partial charge is 0.508 e. The maximum atomic E-state index is 14.2. The first-order chi connectivity index (χ1) is 15.4. The number of phenols is 1. The molecule has 0 bridgehead atoms. The van der Waals surface area contributed by atoms with Crippen LogP contribution in [0.2, 0.25) is 0 Å². The van der Waals surface area contributed by atoms with E-state index >= 15 is 0 Å². The Morgan fingerprint density at radius 2 is 1.76 bits per heavy atom. The van der Waals surface area contributed by atoms with Gasteiger partial charge in [-0.2, -0.15) is 0 Å². The summed E-state index contributed by atoms with van der Waals surface area (Å²) in [5, 5.41) is 14.6. The molecule has 1 aliphatic heterocycles. The predicted molar refractivity (Wildman–Crippen MR) is 121 cm³/mol.